The van der Waals surface area contributed by atoms with Crippen molar-refractivity contribution in [2.75, 3.05) is 7.11 Å². The second-order valence-corrected chi connectivity index (χ2v) is 4.89. The average molecular weight is 274 g/mol. The van der Waals surface area contributed by atoms with Crippen LogP contribution in [0.25, 0.3) is 0 Å². The van der Waals surface area contributed by atoms with Crippen molar-refractivity contribution in [3.63, 3.8) is 0 Å². The fourth-order valence-electron chi connectivity index (χ4n) is 2.72. The Morgan fingerprint density at radius 1 is 1.40 bits per heavy atom. The number of hydrogen-bond donors (Lipinski definition) is 0. The first-order chi connectivity index (χ1) is 9.61. The van der Waals surface area contributed by atoms with Gasteiger partial charge in [-0.3, -0.25) is 4.79 Å². The molecule has 0 aliphatic heterocycles. The van der Waals surface area contributed by atoms with Crippen LogP contribution in [0, 0.1) is 6.92 Å². The second kappa shape index (κ2) is 4.67. The molecular weight excluding hydrogens is 260 g/mol. The molecule has 5 nitrogen and oxygen atoms in total. The molecular formula is C15H14O5. The average Bonchev–Trinajstić information content (AvgIpc) is 3.06. The first-order valence-corrected chi connectivity index (χ1v) is 6.39. The van der Waals surface area contributed by atoms with E-state index in [2.05, 4.69) is 4.74 Å². The number of hydrogen-bond acceptors (Lipinski definition) is 5. The highest BCUT2D eigenvalue weighted by atomic mass is 16.5. The van der Waals surface area contributed by atoms with Gasteiger partial charge in [-0.25, -0.2) is 4.79 Å². The molecule has 0 amide bonds. The van der Waals surface area contributed by atoms with E-state index in [1.54, 1.807) is 19.3 Å². The zero-order valence-corrected chi connectivity index (χ0v) is 11.3. The molecule has 0 bridgehead atoms. The number of rotatable bonds is 2. The van der Waals surface area contributed by atoms with Crippen LogP contribution in [0.2, 0.25) is 0 Å². The van der Waals surface area contributed by atoms with Crippen molar-refractivity contribution >= 4 is 11.8 Å². The zero-order chi connectivity index (χ0) is 14.3. The molecule has 0 saturated heterocycles. The summed E-state index contributed by atoms with van der Waals surface area (Å²) in [6, 6.07) is 3.64. The Bertz CT molecular complexity index is 663. The summed E-state index contributed by atoms with van der Waals surface area (Å²) >= 11 is 0. The van der Waals surface area contributed by atoms with Crippen molar-refractivity contribution in [1.29, 1.82) is 0 Å². The van der Waals surface area contributed by atoms with E-state index in [0.717, 1.165) is 5.76 Å². The highest BCUT2D eigenvalue weighted by Gasteiger charge is 2.35. The minimum absolute atomic E-state index is 0.0240. The summed E-state index contributed by atoms with van der Waals surface area (Å²) in [6.45, 7) is 1.71. The van der Waals surface area contributed by atoms with Crippen LogP contribution in [0.1, 0.15) is 50.3 Å². The third-order valence-corrected chi connectivity index (χ3v) is 3.68. The maximum atomic E-state index is 12.3. The molecule has 5 heteroatoms. The Kier molecular flexibility index (Phi) is 2.97. The van der Waals surface area contributed by atoms with Gasteiger partial charge in [-0.15, -0.1) is 0 Å². The highest BCUT2D eigenvalue weighted by Crippen LogP contribution is 2.36. The lowest BCUT2D eigenvalue weighted by atomic mass is 9.84. The van der Waals surface area contributed by atoms with Gasteiger partial charge in [0.1, 0.15) is 11.5 Å². The van der Waals surface area contributed by atoms with Crippen LogP contribution in [0.5, 0.6) is 0 Å². The standard InChI is InChI=1S/C15H14O5/c1-8-13-10(16)6-9(11-4-3-5-19-11)7-12(13)20-14(8)15(17)18-2/h3-5,9H,6-7H2,1-2H3. The number of Topliss-reactive ketones (excluding diaryl/α,β-unsaturated/α-hetero) is 1. The number of carbonyl (C=O) groups is 2. The largest absolute Gasteiger partial charge is 0.469 e. The van der Waals surface area contributed by atoms with E-state index in [1.165, 1.54) is 7.11 Å². The van der Waals surface area contributed by atoms with Gasteiger partial charge in [-0.05, 0) is 19.1 Å². The van der Waals surface area contributed by atoms with Crippen molar-refractivity contribution in [2.24, 2.45) is 0 Å². The van der Waals surface area contributed by atoms with Crippen LogP contribution in [-0.2, 0) is 11.2 Å². The molecule has 0 saturated carbocycles. The van der Waals surface area contributed by atoms with Gasteiger partial charge in [-0.2, -0.15) is 0 Å². The predicted octanol–water partition coefficient (Wildman–Crippen LogP) is 2.88. The van der Waals surface area contributed by atoms with Gasteiger partial charge < -0.3 is 13.6 Å². The van der Waals surface area contributed by atoms with Crippen LogP contribution in [0.4, 0.5) is 0 Å². The third-order valence-electron chi connectivity index (χ3n) is 3.68. The molecule has 0 fully saturated rings. The third kappa shape index (κ3) is 1.86. The van der Waals surface area contributed by atoms with Crippen LogP contribution in [0.3, 0.4) is 0 Å². The van der Waals surface area contributed by atoms with Crippen molar-refractivity contribution in [3.05, 3.63) is 46.8 Å². The van der Waals surface area contributed by atoms with E-state index in [0.29, 0.717) is 29.7 Å². The van der Waals surface area contributed by atoms with Gasteiger partial charge in [0.25, 0.3) is 0 Å². The normalized spacial score (nSPS) is 17.9. The Labute approximate surface area is 115 Å². The quantitative estimate of drug-likeness (QED) is 0.787. The van der Waals surface area contributed by atoms with Crippen LogP contribution < -0.4 is 0 Å². The molecule has 20 heavy (non-hydrogen) atoms. The molecule has 0 aromatic carbocycles. The molecule has 2 aromatic rings. The molecule has 1 aliphatic rings. The maximum absolute atomic E-state index is 12.3. The Morgan fingerprint density at radius 2 is 2.20 bits per heavy atom. The number of fused-ring (bicyclic) bond motifs is 1. The summed E-state index contributed by atoms with van der Waals surface area (Å²) in [4.78, 5) is 23.9. The first-order valence-electron chi connectivity index (χ1n) is 6.39. The molecule has 1 aliphatic carbocycles. The Morgan fingerprint density at radius 3 is 2.85 bits per heavy atom. The maximum Gasteiger partial charge on any atom is 0.374 e. The molecule has 0 radical (unpaired) electrons. The summed E-state index contributed by atoms with van der Waals surface area (Å²) < 4.78 is 15.6. The van der Waals surface area contributed by atoms with Gasteiger partial charge in [0.15, 0.2) is 5.78 Å². The Hall–Kier alpha value is -2.30. The van der Waals surface area contributed by atoms with E-state index in [1.807, 2.05) is 6.07 Å². The van der Waals surface area contributed by atoms with E-state index < -0.39 is 5.97 Å². The van der Waals surface area contributed by atoms with Crippen LogP contribution in [0.15, 0.2) is 27.2 Å². The lowest BCUT2D eigenvalue weighted by molar-refractivity contribution is 0.0561. The van der Waals surface area contributed by atoms with Gasteiger partial charge in [0.2, 0.25) is 5.76 Å². The number of ketones is 1. The SMILES string of the molecule is COC(=O)c1oc2c(c1C)C(=O)CC(c1ccco1)C2. The number of ether oxygens (including phenoxy) is 1. The summed E-state index contributed by atoms with van der Waals surface area (Å²) in [5.74, 6) is 0.800. The molecule has 2 heterocycles. The smallest absolute Gasteiger partial charge is 0.374 e. The molecule has 104 valence electrons. The van der Waals surface area contributed by atoms with Crippen molar-refractivity contribution in [3.8, 4) is 0 Å². The molecule has 1 atom stereocenters. The molecule has 0 spiro atoms. The van der Waals surface area contributed by atoms with Gasteiger partial charge in [0, 0.05) is 24.3 Å². The predicted molar refractivity (Wildman–Crippen MR) is 68.9 cm³/mol. The van der Waals surface area contributed by atoms with Crippen LogP contribution >= 0.6 is 0 Å². The topological polar surface area (TPSA) is 69.7 Å². The van der Waals surface area contributed by atoms with Gasteiger partial charge in [-0.1, -0.05) is 0 Å². The van der Waals surface area contributed by atoms with Gasteiger partial charge >= 0.3 is 5.97 Å². The summed E-state index contributed by atoms with van der Waals surface area (Å²) in [5, 5.41) is 0. The molecule has 0 N–H and O–H groups in total. The van der Waals surface area contributed by atoms with E-state index in [-0.39, 0.29) is 17.5 Å². The zero-order valence-electron chi connectivity index (χ0n) is 11.3. The van der Waals surface area contributed by atoms with E-state index in [4.69, 9.17) is 8.83 Å². The second-order valence-electron chi connectivity index (χ2n) is 4.89. The minimum Gasteiger partial charge on any atom is -0.469 e. The Balaban J connectivity index is 2.01. The van der Waals surface area contributed by atoms with Crippen LogP contribution in [-0.4, -0.2) is 18.9 Å². The first kappa shape index (κ1) is 12.7. The minimum atomic E-state index is -0.556. The fourth-order valence-corrected chi connectivity index (χ4v) is 2.72. The lowest BCUT2D eigenvalue weighted by Gasteiger charge is -2.18. The fraction of sp³-hybridized carbons (Fsp3) is 0.333. The highest BCUT2D eigenvalue weighted by molar-refractivity contribution is 6.02. The summed E-state index contributed by atoms with van der Waals surface area (Å²) in [5.41, 5.74) is 1.09. The van der Waals surface area contributed by atoms with Crippen molar-refractivity contribution in [2.45, 2.75) is 25.7 Å². The van der Waals surface area contributed by atoms with E-state index in [9.17, 15) is 9.59 Å². The molecule has 3 rings (SSSR count). The lowest BCUT2D eigenvalue weighted by Crippen LogP contribution is -2.17. The number of furan rings is 2. The van der Waals surface area contributed by atoms with E-state index >= 15 is 0 Å². The van der Waals surface area contributed by atoms with Crippen molar-refractivity contribution < 1.29 is 23.2 Å². The summed E-state index contributed by atoms with van der Waals surface area (Å²) in [6.07, 6.45) is 2.50. The number of carbonyl (C=O) groups excluding carboxylic acids is 2. The van der Waals surface area contributed by atoms with Gasteiger partial charge in [0.05, 0.1) is 18.9 Å². The van der Waals surface area contributed by atoms with Crippen molar-refractivity contribution in [1.82, 2.24) is 0 Å². The molecule has 2 aromatic heterocycles. The number of esters is 1. The monoisotopic (exact) mass is 274 g/mol. The molecule has 1 unspecified atom stereocenters. The summed E-state index contributed by atoms with van der Waals surface area (Å²) in [7, 11) is 1.29. The number of methoxy groups -OCH3 is 1.